The first kappa shape index (κ1) is 23.0. The van der Waals surface area contributed by atoms with E-state index < -0.39 is 20.8 Å². The van der Waals surface area contributed by atoms with Crippen molar-refractivity contribution in [3.63, 3.8) is 0 Å². The van der Waals surface area contributed by atoms with E-state index in [0.717, 1.165) is 0 Å². The molecule has 0 aliphatic carbocycles. The summed E-state index contributed by atoms with van der Waals surface area (Å²) >= 11 is 0. The third-order valence-electron chi connectivity index (χ3n) is 0. The monoisotopic (exact) mass is 246 g/mol. The minimum absolute atomic E-state index is 0. The fourth-order valence-electron chi connectivity index (χ4n) is 0. The van der Waals surface area contributed by atoms with Crippen LogP contribution in [0.5, 0.6) is 0 Å². The molecule has 0 saturated heterocycles. The van der Waals surface area contributed by atoms with Gasteiger partial charge in [-0.2, -0.15) is 0 Å². The molecule has 8 nitrogen and oxygen atoms in total. The van der Waals surface area contributed by atoms with Crippen molar-refractivity contribution in [3.05, 3.63) is 0 Å². The molecule has 0 aromatic heterocycles. The number of hydrogen-bond donors (Lipinski definition) is 0. The summed E-state index contributed by atoms with van der Waals surface area (Å²) in [6, 6.07) is 0. The molecule has 0 rings (SSSR count). The van der Waals surface area contributed by atoms with Gasteiger partial charge < -0.3 is 18.2 Å². The maximum atomic E-state index is 8.52. The van der Waals surface area contributed by atoms with Gasteiger partial charge in [0.2, 0.25) is 0 Å². The Balaban J connectivity index is -0.0000000457. The van der Waals surface area contributed by atoms with Crippen molar-refractivity contribution in [2.75, 3.05) is 0 Å². The summed E-state index contributed by atoms with van der Waals surface area (Å²) in [7, 11) is -10.3. The van der Waals surface area contributed by atoms with Gasteiger partial charge in [-0.25, -0.2) is 0 Å². The summed E-state index contributed by atoms with van der Waals surface area (Å²) in [6.07, 6.45) is 0. The van der Waals surface area contributed by atoms with Crippen molar-refractivity contribution in [2.24, 2.45) is 0 Å². The Labute approximate surface area is 90.4 Å². The molecule has 0 radical (unpaired) electrons. The van der Waals surface area contributed by atoms with Crippen molar-refractivity contribution in [1.29, 1.82) is 0 Å². The smallest absolute Gasteiger partial charge is 0.759 e. The maximum absolute atomic E-state index is 8.52. The van der Waals surface area contributed by atoms with Crippen LogP contribution in [0, 0.1) is 0 Å². The predicted molar refractivity (Wildman–Crippen MR) is 32.5 cm³/mol. The maximum Gasteiger partial charge on any atom is 3.00 e. The van der Waals surface area contributed by atoms with Crippen molar-refractivity contribution in [3.8, 4) is 0 Å². The van der Waals surface area contributed by atoms with Crippen LogP contribution in [-0.2, 0) is 20.8 Å². The molecule has 64 valence electrons. The van der Waals surface area contributed by atoms with E-state index in [4.69, 9.17) is 35.0 Å². The van der Waals surface area contributed by atoms with Crippen LogP contribution < -0.4 is 0 Å². The Morgan fingerprint density at radius 3 is 0.583 bits per heavy atom. The van der Waals surface area contributed by atoms with E-state index in [1.54, 1.807) is 0 Å². The topological polar surface area (TPSA) is 161 Å². The van der Waals surface area contributed by atoms with Crippen LogP contribution in [0.2, 0.25) is 0 Å². The molecule has 12 heavy (non-hydrogen) atoms. The van der Waals surface area contributed by atoms with Crippen LogP contribution in [0.15, 0.2) is 0 Å². The van der Waals surface area contributed by atoms with E-state index in [1.807, 2.05) is 0 Å². The molecule has 0 atom stereocenters. The zero-order valence-electron chi connectivity index (χ0n) is 5.24. The average Bonchev–Trinajstić information content (AvgIpc) is 1.12. The Morgan fingerprint density at radius 1 is 0.583 bits per heavy atom. The van der Waals surface area contributed by atoms with Gasteiger partial charge in [-0.1, -0.05) is 0 Å². The first-order valence-electron chi connectivity index (χ1n) is 1.33. The molecule has 0 spiro atoms. The van der Waals surface area contributed by atoms with Crippen LogP contribution in [0.25, 0.3) is 0 Å². The van der Waals surface area contributed by atoms with Crippen LogP contribution in [-0.4, -0.2) is 69.8 Å². The van der Waals surface area contributed by atoms with Crippen LogP contribution in [0.1, 0.15) is 0 Å². The molecule has 0 amide bonds. The van der Waals surface area contributed by atoms with Crippen LogP contribution in [0.3, 0.4) is 0 Å². The van der Waals surface area contributed by atoms with Crippen LogP contribution >= 0.6 is 0 Å². The molecule has 0 aromatic rings. The second-order valence-electron chi connectivity index (χ2n) is 0.816. The van der Waals surface area contributed by atoms with Crippen molar-refractivity contribution in [1.82, 2.24) is 0 Å². The van der Waals surface area contributed by atoms with E-state index in [1.165, 1.54) is 0 Å². The molecule has 0 N–H and O–H groups in total. The quantitative estimate of drug-likeness (QED) is 0.242. The Bertz CT molecular complexity index is 211. The van der Waals surface area contributed by atoms with E-state index in [0.29, 0.717) is 0 Å². The fraction of sp³-hybridized carbons (Fsp3) is 0. The summed E-state index contributed by atoms with van der Waals surface area (Å²) in [5.41, 5.74) is 0. The summed E-state index contributed by atoms with van der Waals surface area (Å²) in [4.78, 5) is 0. The Kier molecular flexibility index (Phi) is 16.1. The summed E-state index contributed by atoms with van der Waals surface area (Å²) in [5, 5.41) is 0. The predicted octanol–water partition coefficient (Wildman–Crippen LogP) is -3.44. The van der Waals surface area contributed by atoms with Gasteiger partial charge in [0.05, 0.1) is 0 Å². The molecule has 0 unspecified atom stereocenters. The summed E-state index contributed by atoms with van der Waals surface area (Å²) in [6.45, 7) is 0. The van der Waals surface area contributed by atoms with Gasteiger partial charge in [0, 0.05) is 20.8 Å². The zero-order chi connectivity index (χ0) is 9.00. The average molecular weight is 246 g/mol. The molecular weight excluding hydrogens is 246 g/mol. The van der Waals surface area contributed by atoms with Gasteiger partial charge in [-0.15, -0.1) is 0 Å². The van der Waals surface area contributed by atoms with Gasteiger partial charge in [0.25, 0.3) is 0 Å². The van der Waals surface area contributed by atoms with Crippen LogP contribution in [0.4, 0.5) is 0 Å². The van der Waals surface area contributed by atoms with E-state index in [2.05, 4.69) is 0 Å². The van der Waals surface area contributed by atoms with Gasteiger partial charge in [0.15, 0.2) is 0 Å². The summed E-state index contributed by atoms with van der Waals surface area (Å²) < 4.78 is 68.2. The normalized spacial score (nSPS) is 9.67. The van der Waals surface area contributed by atoms with E-state index >= 15 is 0 Å². The third-order valence-corrected chi connectivity index (χ3v) is 0. The molecule has 0 aliphatic heterocycles. The van der Waals surface area contributed by atoms with Crippen molar-refractivity contribution < 1.29 is 35.0 Å². The molecule has 0 aromatic carbocycles. The SMILES string of the molecule is O=S(=O)([O-])[O-].O=S(=O)([O-])[O-].[Al+3].[Al+3]. The number of rotatable bonds is 0. The standard InChI is InChI=1S/2Al.2H2O4S/c;;2*1-5(2,3)4/h;;2*(H2,1,2,3,4)/q2*+3;;/p-4. The summed E-state index contributed by atoms with van der Waals surface area (Å²) in [5.74, 6) is 0. The third kappa shape index (κ3) is 1600. The van der Waals surface area contributed by atoms with Gasteiger partial charge in [0.1, 0.15) is 0 Å². The van der Waals surface area contributed by atoms with E-state index in [9.17, 15) is 0 Å². The van der Waals surface area contributed by atoms with Crippen molar-refractivity contribution in [2.45, 2.75) is 0 Å². The Hall–Kier alpha value is 0.805. The van der Waals surface area contributed by atoms with E-state index in [-0.39, 0.29) is 34.7 Å². The minimum Gasteiger partial charge on any atom is -0.759 e. The molecule has 0 aliphatic rings. The largest absolute Gasteiger partial charge is 3.00 e. The minimum atomic E-state index is -5.17. The zero-order valence-corrected chi connectivity index (χ0v) is 9.18. The Morgan fingerprint density at radius 2 is 0.583 bits per heavy atom. The second kappa shape index (κ2) is 8.41. The second-order valence-corrected chi connectivity index (χ2v) is 2.45. The fourth-order valence-corrected chi connectivity index (χ4v) is 0. The van der Waals surface area contributed by atoms with Crippen molar-refractivity contribution >= 4 is 55.5 Å². The first-order valence-corrected chi connectivity index (χ1v) is 4.00. The van der Waals surface area contributed by atoms with Gasteiger partial charge in [-0.3, -0.25) is 16.8 Å². The number of hydrogen-bond acceptors (Lipinski definition) is 8. The molecule has 0 bridgehead atoms. The molecular formula is Al2O8S2+2. The molecule has 12 heteroatoms. The van der Waals surface area contributed by atoms with Gasteiger partial charge >= 0.3 is 34.7 Å². The first-order chi connectivity index (χ1) is 4.00. The van der Waals surface area contributed by atoms with Gasteiger partial charge in [-0.05, 0) is 0 Å². The molecule has 0 heterocycles. The molecule has 0 fully saturated rings. The molecule has 0 saturated carbocycles.